The summed E-state index contributed by atoms with van der Waals surface area (Å²) in [5.74, 6) is 0. The van der Waals surface area contributed by atoms with Gasteiger partial charge in [-0.25, -0.2) is 0 Å². The van der Waals surface area contributed by atoms with E-state index in [1.54, 1.807) is 6.92 Å². The second-order valence-corrected chi connectivity index (χ2v) is 5.89. The highest BCUT2D eigenvalue weighted by atomic mass is 32.2. The second kappa shape index (κ2) is 5.75. The number of rotatable bonds is 4. The van der Waals surface area contributed by atoms with Crippen molar-refractivity contribution in [2.24, 2.45) is 5.10 Å². The lowest BCUT2D eigenvalue weighted by Crippen LogP contribution is -2.19. The Morgan fingerprint density at radius 1 is 1.05 bits per heavy atom. The minimum Gasteiger partial charge on any atom is -0.399 e. The molecule has 2 rings (SSSR count). The molecular weight excluding hydrogens is 274 g/mol. The van der Waals surface area contributed by atoms with E-state index < -0.39 is 10.0 Å². The van der Waals surface area contributed by atoms with Gasteiger partial charge in [-0.1, -0.05) is 30.3 Å². The maximum atomic E-state index is 12.0. The Labute approximate surface area is 118 Å². The molecule has 0 saturated heterocycles. The summed E-state index contributed by atoms with van der Waals surface area (Å²) in [5.41, 5.74) is 7.47. The first-order valence-electron chi connectivity index (χ1n) is 5.96. The minimum atomic E-state index is -3.67. The number of anilines is 1. The van der Waals surface area contributed by atoms with E-state index in [9.17, 15) is 8.42 Å². The van der Waals surface area contributed by atoms with Crippen molar-refractivity contribution in [2.75, 3.05) is 5.73 Å². The molecule has 2 aromatic rings. The highest BCUT2D eigenvalue weighted by Gasteiger charge is 2.12. The molecule has 0 aliphatic heterocycles. The molecule has 0 unspecified atom stereocenters. The monoisotopic (exact) mass is 289 g/mol. The van der Waals surface area contributed by atoms with Crippen LogP contribution in [-0.2, 0) is 10.0 Å². The quantitative estimate of drug-likeness (QED) is 0.512. The van der Waals surface area contributed by atoms with E-state index in [1.807, 2.05) is 30.3 Å². The molecular formula is C14H15N3O2S. The van der Waals surface area contributed by atoms with Gasteiger partial charge in [0.15, 0.2) is 0 Å². The number of sulfonamides is 1. The van der Waals surface area contributed by atoms with Gasteiger partial charge in [-0.2, -0.15) is 18.4 Å². The van der Waals surface area contributed by atoms with Crippen molar-refractivity contribution in [1.29, 1.82) is 0 Å². The van der Waals surface area contributed by atoms with Gasteiger partial charge in [-0.15, -0.1) is 0 Å². The zero-order valence-electron chi connectivity index (χ0n) is 10.9. The molecule has 2 aromatic carbocycles. The summed E-state index contributed by atoms with van der Waals surface area (Å²) in [5, 5.41) is 3.91. The average molecular weight is 289 g/mol. The van der Waals surface area contributed by atoms with E-state index in [0.29, 0.717) is 11.4 Å². The number of hydrazone groups is 1. The molecule has 20 heavy (non-hydrogen) atoms. The molecule has 104 valence electrons. The van der Waals surface area contributed by atoms with Crippen molar-refractivity contribution in [3.05, 3.63) is 60.2 Å². The summed E-state index contributed by atoms with van der Waals surface area (Å²) in [4.78, 5) is 2.33. The number of hydrogen-bond donors (Lipinski definition) is 2. The Morgan fingerprint density at radius 2 is 1.65 bits per heavy atom. The second-order valence-electron chi connectivity index (χ2n) is 4.23. The maximum absolute atomic E-state index is 12.0. The lowest BCUT2D eigenvalue weighted by molar-refractivity contribution is 0.584. The summed E-state index contributed by atoms with van der Waals surface area (Å²) in [6, 6.07) is 15.3. The van der Waals surface area contributed by atoms with Gasteiger partial charge < -0.3 is 5.73 Å². The Bertz CT molecular complexity index is 708. The van der Waals surface area contributed by atoms with E-state index >= 15 is 0 Å². The molecule has 3 N–H and O–H groups in total. The highest BCUT2D eigenvalue weighted by Crippen LogP contribution is 2.11. The summed E-state index contributed by atoms with van der Waals surface area (Å²) < 4.78 is 24.0. The molecule has 6 heteroatoms. The first-order chi connectivity index (χ1) is 9.49. The summed E-state index contributed by atoms with van der Waals surface area (Å²) >= 11 is 0. The zero-order valence-corrected chi connectivity index (χ0v) is 11.8. The fourth-order valence-electron chi connectivity index (χ4n) is 1.57. The van der Waals surface area contributed by atoms with Crippen molar-refractivity contribution in [1.82, 2.24) is 4.83 Å². The van der Waals surface area contributed by atoms with E-state index in [0.717, 1.165) is 5.56 Å². The van der Waals surface area contributed by atoms with Crippen molar-refractivity contribution in [3.63, 3.8) is 0 Å². The van der Waals surface area contributed by atoms with Crippen LogP contribution in [0.5, 0.6) is 0 Å². The van der Waals surface area contributed by atoms with Gasteiger partial charge in [0.25, 0.3) is 10.0 Å². The molecule has 0 aliphatic rings. The minimum absolute atomic E-state index is 0.122. The van der Waals surface area contributed by atoms with Crippen LogP contribution in [-0.4, -0.2) is 14.1 Å². The number of nitrogens with zero attached hydrogens (tertiary/aromatic N) is 1. The van der Waals surface area contributed by atoms with Crippen LogP contribution in [0.2, 0.25) is 0 Å². The number of nitrogen functional groups attached to an aromatic ring is 1. The van der Waals surface area contributed by atoms with Gasteiger partial charge in [0.1, 0.15) is 0 Å². The Kier molecular flexibility index (Phi) is 4.05. The number of benzene rings is 2. The average Bonchev–Trinajstić information content (AvgIpc) is 2.46. The summed E-state index contributed by atoms with van der Waals surface area (Å²) in [6.45, 7) is 1.74. The standard InChI is InChI=1S/C14H15N3O2S/c1-11(12-5-3-2-4-6-12)16-17-20(18,19)14-9-7-13(15)8-10-14/h2-10,17H,15H2,1H3/b16-11-. The molecule has 0 heterocycles. The smallest absolute Gasteiger partial charge is 0.276 e. The van der Waals surface area contributed by atoms with E-state index in [4.69, 9.17) is 5.73 Å². The maximum Gasteiger partial charge on any atom is 0.276 e. The third kappa shape index (κ3) is 3.36. The molecule has 0 aliphatic carbocycles. The van der Waals surface area contributed by atoms with Crippen LogP contribution in [0.15, 0.2) is 64.6 Å². The van der Waals surface area contributed by atoms with Crippen LogP contribution in [0.3, 0.4) is 0 Å². The van der Waals surface area contributed by atoms with Crippen LogP contribution >= 0.6 is 0 Å². The fraction of sp³-hybridized carbons (Fsp3) is 0.0714. The van der Waals surface area contributed by atoms with Crippen molar-refractivity contribution >= 4 is 21.4 Å². The van der Waals surface area contributed by atoms with Crippen molar-refractivity contribution in [2.45, 2.75) is 11.8 Å². The predicted molar refractivity (Wildman–Crippen MR) is 79.8 cm³/mol. The SMILES string of the molecule is C/C(=N/NS(=O)(=O)c1ccc(N)cc1)c1ccccc1. The molecule has 0 bridgehead atoms. The van der Waals surface area contributed by atoms with Gasteiger partial charge in [0.05, 0.1) is 10.6 Å². The first-order valence-corrected chi connectivity index (χ1v) is 7.44. The molecule has 0 spiro atoms. The molecule has 0 atom stereocenters. The normalized spacial score (nSPS) is 12.2. The van der Waals surface area contributed by atoms with Crippen LogP contribution in [0, 0.1) is 0 Å². The Balaban J connectivity index is 2.19. The Hall–Kier alpha value is -2.34. The molecule has 0 amide bonds. The molecule has 0 fully saturated rings. The molecule has 0 aromatic heterocycles. The molecule has 0 saturated carbocycles. The topological polar surface area (TPSA) is 84.5 Å². The largest absolute Gasteiger partial charge is 0.399 e. The number of hydrogen-bond acceptors (Lipinski definition) is 4. The third-order valence-corrected chi connectivity index (χ3v) is 3.94. The van der Waals surface area contributed by atoms with Crippen LogP contribution in [0.1, 0.15) is 12.5 Å². The van der Waals surface area contributed by atoms with Gasteiger partial charge >= 0.3 is 0 Å². The van der Waals surface area contributed by atoms with E-state index in [2.05, 4.69) is 9.93 Å². The van der Waals surface area contributed by atoms with E-state index in [1.165, 1.54) is 24.3 Å². The summed E-state index contributed by atoms with van der Waals surface area (Å²) in [6.07, 6.45) is 0. The lowest BCUT2D eigenvalue weighted by atomic mass is 10.1. The Morgan fingerprint density at radius 3 is 2.25 bits per heavy atom. The van der Waals surface area contributed by atoms with Crippen LogP contribution in [0.25, 0.3) is 0 Å². The first kappa shape index (κ1) is 14.1. The lowest BCUT2D eigenvalue weighted by Gasteiger charge is -2.05. The number of nitrogens with two attached hydrogens (primary N) is 1. The predicted octanol–water partition coefficient (Wildman–Crippen LogP) is 1.97. The summed E-state index contributed by atoms with van der Waals surface area (Å²) in [7, 11) is -3.67. The molecule has 0 radical (unpaired) electrons. The fourth-order valence-corrected chi connectivity index (χ4v) is 2.43. The third-order valence-electron chi connectivity index (χ3n) is 2.72. The van der Waals surface area contributed by atoms with Gasteiger partial charge in [-0.05, 0) is 36.8 Å². The molecule has 5 nitrogen and oxygen atoms in total. The van der Waals surface area contributed by atoms with E-state index in [-0.39, 0.29) is 4.90 Å². The van der Waals surface area contributed by atoms with Crippen LogP contribution < -0.4 is 10.6 Å². The van der Waals surface area contributed by atoms with Gasteiger partial charge in [-0.3, -0.25) is 0 Å². The van der Waals surface area contributed by atoms with Crippen molar-refractivity contribution in [3.8, 4) is 0 Å². The zero-order chi connectivity index (χ0) is 14.6. The van der Waals surface area contributed by atoms with Gasteiger partial charge in [0.2, 0.25) is 0 Å². The van der Waals surface area contributed by atoms with Crippen molar-refractivity contribution < 1.29 is 8.42 Å². The van der Waals surface area contributed by atoms with Gasteiger partial charge in [0, 0.05) is 5.69 Å². The number of nitrogens with one attached hydrogen (secondary N) is 1. The highest BCUT2D eigenvalue weighted by molar-refractivity contribution is 7.89. The van der Waals surface area contributed by atoms with Crippen LogP contribution in [0.4, 0.5) is 5.69 Å².